The molecule has 1 aromatic rings. The minimum Gasteiger partial charge on any atom is -0.497 e. The van der Waals surface area contributed by atoms with E-state index in [9.17, 15) is 4.21 Å². The first-order valence-electron chi connectivity index (χ1n) is 4.21. The van der Waals surface area contributed by atoms with Crippen molar-refractivity contribution in [3.63, 3.8) is 0 Å². The molecule has 0 radical (unpaired) electrons. The van der Waals surface area contributed by atoms with Crippen LogP contribution in [0.5, 0.6) is 5.75 Å². The van der Waals surface area contributed by atoms with Crippen LogP contribution in [0.25, 0.3) is 0 Å². The molecule has 0 saturated heterocycles. The Morgan fingerprint density at radius 2 is 1.62 bits per heavy atom. The van der Waals surface area contributed by atoms with E-state index in [2.05, 4.69) is 0 Å². The summed E-state index contributed by atoms with van der Waals surface area (Å²) in [5.41, 5.74) is 0. The molecule has 0 aliphatic heterocycles. The van der Waals surface area contributed by atoms with Crippen molar-refractivity contribution in [2.45, 2.75) is 18.7 Å². The Hall–Kier alpha value is -0.830. The maximum Gasteiger partial charge on any atom is 0.118 e. The predicted octanol–water partition coefficient (Wildman–Crippen LogP) is 2.46. The second-order valence-corrected chi connectivity index (χ2v) is 3.51. The molecular formula is C10H16O2S. The average molecular weight is 200 g/mol. The molecule has 0 spiro atoms. The van der Waals surface area contributed by atoms with Crippen molar-refractivity contribution < 1.29 is 8.95 Å². The van der Waals surface area contributed by atoms with Gasteiger partial charge in [0.1, 0.15) is 5.75 Å². The molecule has 0 aliphatic carbocycles. The minimum absolute atomic E-state index is 0.791. The van der Waals surface area contributed by atoms with E-state index in [0.717, 1.165) is 10.6 Å². The lowest BCUT2D eigenvalue weighted by Crippen LogP contribution is -1.87. The molecule has 0 aliphatic rings. The third kappa shape index (κ3) is 4.08. The molecule has 1 aromatic carbocycles. The summed E-state index contributed by atoms with van der Waals surface area (Å²) < 4.78 is 15.9. The Balaban J connectivity index is 0.000000671. The topological polar surface area (TPSA) is 26.3 Å². The average Bonchev–Trinajstić information content (AvgIpc) is 2.21. The van der Waals surface area contributed by atoms with Crippen LogP contribution in [0.4, 0.5) is 0 Å². The van der Waals surface area contributed by atoms with Gasteiger partial charge in [-0.2, -0.15) is 0 Å². The van der Waals surface area contributed by atoms with Crippen LogP contribution < -0.4 is 4.74 Å². The van der Waals surface area contributed by atoms with Gasteiger partial charge in [-0.15, -0.1) is 0 Å². The molecule has 1 unspecified atom stereocenters. The number of ether oxygens (including phenoxy) is 1. The van der Waals surface area contributed by atoms with E-state index >= 15 is 0 Å². The molecule has 0 bridgehead atoms. The number of hydrogen-bond donors (Lipinski definition) is 0. The van der Waals surface area contributed by atoms with Gasteiger partial charge >= 0.3 is 0 Å². The van der Waals surface area contributed by atoms with E-state index in [1.54, 1.807) is 37.6 Å². The van der Waals surface area contributed by atoms with Gasteiger partial charge in [0.2, 0.25) is 0 Å². The lowest BCUT2D eigenvalue weighted by molar-refractivity contribution is 0.414. The zero-order valence-corrected chi connectivity index (χ0v) is 9.35. The second-order valence-electron chi connectivity index (χ2n) is 2.13. The third-order valence-corrected chi connectivity index (χ3v) is 2.33. The van der Waals surface area contributed by atoms with Crippen molar-refractivity contribution in [3.8, 4) is 5.75 Å². The Morgan fingerprint density at radius 3 is 1.92 bits per heavy atom. The summed E-state index contributed by atoms with van der Waals surface area (Å²) in [5, 5.41) is 0. The molecule has 0 aromatic heterocycles. The zero-order valence-electron chi connectivity index (χ0n) is 8.53. The van der Waals surface area contributed by atoms with E-state index in [1.807, 2.05) is 13.8 Å². The fourth-order valence-corrected chi connectivity index (χ4v) is 1.29. The highest BCUT2D eigenvalue weighted by atomic mass is 32.2. The van der Waals surface area contributed by atoms with E-state index < -0.39 is 10.8 Å². The Morgan fingerprint density at radius 1 is 1.15 bits per heavy atom. The molecule has 13 heavy (non-hydrogen) atoms. The van der Waals surface area contributed by atoms with Crippen LogP contribution in [0.15, 0.2) is 29.2 Å². The van der Waals surface area contributed by atoms with Gasteiger partial charge in [0.05, 0.1) is 7.11 Å². The molecule has 1 atom stereocenters. The maximum absolute atomic E-state index is 10.9. The first-order chi connectivity index (χ1) is 6.24. The molecule has 0 fully saturated rings. The quantitative estimate of drug-likeness (QED) is 0.733. The van der Waals surface area contributed by atoms with Gasteiger partial charge in [0, 0.05) is 22.0 Å². The van der Waals surface area contributed by atoms with Gasteiger partial charge in [-0.3, -0.25) is 4.21 Å². The fraction of sp³-hybridized carbons (Fsp3) is 0.400. The molecule has 0 saturated carbocycles. The van der Waals surface area contributed by atoms with Crippen LogP contribution >= 0.6 is 0 Å². The van der Waals surface area contributed by atoms with Gasteiger partial charge in [-0.1, -0.05) is 13.8 Å². The highest BCUT2D eigenvalue weighted by Gasteiger charge is 1.95. The fourth-order valence-electron chi connectivity index (χ4n) is 0.767. The van der Waals surface area contributed by atoms with Crippen LogP contribution in [0.1, 0.15) is 13.8 Å². The molecular weight excluding hydrogens is 184 g/mol. The van der Waals surface area contributed by atoms with Crippen LogP contribution in [0, 0.1) is 0 Å². The molecule has 3 heteroatoms. The number of methoxy groups -OCH3 is 1. The smallest absolute Gasteiger partial charge is 0.118 e. The van der Waals surface area contributed by atoms with Crippen molar-refractivity contribution in [1.82, 2.24) is 0 Å². The summed E-state index contributed by atoms with van der Waals surface area (Å²) in [4.78, 5) is 0.825. The maximum atomic E-state index is 10.9. The molecule has 0 heterocycles. The lowest BCUT2D eigenvalue weighted by Gasteiger charge is -1.99. The van der Waals surface area contributed by atoms with Gasteiger partial charge in [0.25, 0.3) is 0 Å². The minimum atomic E-state index is -0.895. The lowest BCUT2D eigenvalue weighted by atomic mass is 10.3. The predicted molar refractivity (Wildman–Crippen MR) is 56.7 cm³/mol. The SMILES string of the molecule is CC.COc1ccc(S(C)=O)cc1. The van der Waals surface area contributed by atoms with Gasteiger partial charge < -0.3 is 4.74 Å². The summed E-state index contributed by atoms with van der Waals surface area (Å²) >= 11 is 0. The summed E-state index contributed by atoms with van der Waals surface area (Å²) in [5.74, 6) is 0.791. The van der Waals surface area contributed by atoms with Gasteiger partial charge in [0.15, 0.2) is 0 Å². The van der Waals surface area contributed by atoms with Crippen molar-refractivity contribution in [2.75, 3.05) is 13.4 Å². The first-order valence-corrected chi connectivity index (χ1v) is 5.77. The largest absolute Gasteiger partial charge is 0.497 e. The molecule has 0 amide bonds. The second kappa shape index (κ2) is 6.66. The van der Waals surface area contributed by atoms with Gasteiger partial charge in [-0.25, -0.2) is 0 Å². The van der Waals surface area contributed by atoms with E-state index in [1.165, 1.54) is 0 Å². The summed E-state index contributed by atoms with van der Waals surface area (Å²) in [6.45, 7) is 4.00. The van der Waals surface area contributed by atoms with Crippen LogP contribution in [0.2, 0.25) is 0 Å². The van der Waals surface area contributed by atoms with E-state index in [4.69, 9.17) is 4.74 Å². The molecule has 1 rings (SSSR count). The molecule has 0 N–H and O–H groups in total. The molecule has 2 nitrogen and oxygen atoms in total. The van der Waals surface area contributed by atoms with E-state index in [0.29, 0.717) is 0 Å². The first kappa shape index (κ1) is 12.2. The van der Waals surface area contributed by atoms with Crippen LogP contribution in [-0.2, 0) is 10.8 Å². The summed E-state index contributed by atoms with van der Waals surface area (Å²) in [7, 11) is 0.714. The van der Waals surface area contributed by atoms with Crippen molar-refractivity contribution >= 4 is 10.8 Å². The number of rotatable bonds is 2. The summed E-state index contributed by atoms with van der Waals surface area (Å²) in [6, 6.07) is 7.21. The zero-order chi connectivity index (χ0) is 10.3. The standard InChI is InChI=1S/C8H10O2S.C2H6/c1-10-7-3-5-8(6-4-7)11(2)9;1-2/h3-6H,1-2H3;1-2H3. The normalized spacial score (nSPS) is 11.1. The highest BCUT2D eigenvalue weighted by Crippen LogP contribution is 2.12. The van der Waals surface area contributed by atoms with Crippen molar-refractivity contribution in [3.05, 3.63) is 24.3 Å². The van der Waals surface area contributed by atoms with Gasteiger partial charge in [-0.05, 0) is 24.3 Å². The number of hydrogen-bond acceptors (Lipinski definition) is 2. The monoisotopic (exact) mass is 200 g/mol. The Bertz CT molecular complexity index is 254. The number of benzene rings is 1. The molecule has 74 valence electrons. The highest BCUT2D eigenvalue weighted by molar-refractivity contribution is 7.84. The summed E-state index contributed by atoms with van der Waals surface area (Å²) in [6.07, 6.45) is 1.65. The van der Waals surface area contributed by atoms with Crippen LogP contribution in [0.3, 0.4) is 0 Å². The van der Waals surface area contributed by atoms with Crippen molar-refractivity contribution in [1.29, 1.82) is 0 Å². The Kier molecular flexibility index (Phi) is 6.24. The third-order valence-electron chi connectivity index (χ3n) is 1.39. The van der Waals surface area contributed by atoms with Crippen LogP contribution in [-0.4, -0.2) is 17.6 Å². The van der Waals surface area contributed by atoms with E-state index in [-0.39, 0.29) is 0 Å². The Labute approximate surface area is 82.4 Å². The van der Waals surface area contributed by atoms with Crippen molar-refractivity contribution in [2.24, 2.45) is 0 Å².